The molecule has 1 aromatic heterocycles. The van der Waals surface area contributed by atoms with Gasteiger partial charge in [-0.05, 0) is 43.7 Å². The zero-order chi connectivity index (χ0) is 11.5. The van der Waals surface area contributed by atoms with E-state index >= 15 is 0 Å². The van der Waals surface area contributed by atoms with Gasteiger partial charge in [0.2, 0.25) is 0 Å². The monoisotopic (exact) mass is 217 g/mol. The molecule has 1 heterocycles. The molecule has 0 unspecified atom stereocenters. The molecule has 2 rings (SSSR count). The number of aryl methyl sites for hydroxylation is 2. The lowest BCUT2D eigenvalue weighted by atomic mass is 10.1. The van der Waals surface area contributed by atoms with Crippen molar-refractivity contribution in [3.8, 4) is 0 Å². The van der Waals surface area contributed by atoms with Crippen LogP contribution >= 0.6 is 0 Å². The molecule has 3 heteroatoms. The molecule has 2 N–H and O–H groups in total. The van der Waals surface area contributed by atoms with Crippen LogP contribution in [0.25, 0.3) is 11.0 Å². The fourth-order valence-corrected chi connectivity index (χ4v) is 1.82. The number of benzene rings is 1. The number of nitrogens with zero attached hydrogens (tertiary/aromatic N) is 1. The summed E-state index contributed by atoms with van der Waals surface area (Å²) < 4.78 is 0. The van der Waals surface area contributed by atoms with E-state index in [-0.39, 0.29) is 0 Å². The van der Waals surface area contributed by atoms with Crippen molar-refractivity contribution in [1.82, 2.24) is 15.3 Å². The summed E-state index contributed by atoms with van der Waals surface area (Å²) in [7, 11) is 0. The van der Waals surface area contributed by atoms with Crippen LogP contribution in [0.15, 0.2) is 12.1 Å². The van der Waals surface area contributed by atoms with Crippen LogP contribution in [0.1, 0.15) is 23.9 Å². The molecule has 16 heavy (non-hydrogen) atoms. The Morgan fingerprint density at radius 2 is 2.00 bits per heavy atom. The molecular weight excluding hydrogens is 198 g/mol. The smallest absolute Gasteiger partial charge is 0.108 e. The normalized spacial score (nSPS) is 11.2. The van der Waals surface area contributed by atoms with Crippen molar-refractivity contribution in [2.75, 3.05) is 13.1 Å². The first-order chi connectivity index (χ1) is 7.70. The molecule has 0 radical (unpaired) electrons. The molecule has 86 valence electrons. The van der Waals surface area contributed by atoms with Crippen molar-refractivity contribution >= 4 is 11.0 Å². The molecule has 1 aromatic carbocycles. The molecule has 0 fully saturated rings. The molecule has 2 aromatic rings. The average molecular weight is 217 g/mol. The van der Waals surface area contributed by atoms with E-state index < -0.39 is 0 Å². The minimum atomic E-state index is 0.959. The van der Waals surface area contributed by atoms with Crippen LogP contribution in [-0.2, 0) is 6.42 Å². The Morgan fingerprint density at radius 1 is 1.25 bits per heavy atom. The Labute approximate surface area is 96.3 Å². The van der Waals surface area contributed by atoms with E-state index in [1.54, 1.807) is 0 Å². The highest BCUT2D eigenvalue weighted by molar-refractivity contribution is 5.77. The molecule has 0 saturated carbocycles. The van der Waals surface area contributed by atoms with Gasteiger partial charge in [-0.25, -0.2) is 4.98 Å². The number of nitrogens with one attached hydrogen (secondary N) is 2. The predicted molar refractivity (Wildman–Crippen MR) is 67.8 cm³/mol. The van der Waals surface area contributed by atoms with Crippen LogP contribution in [0.5, 0.6) is 0 Å². The number of imidazole rings is 1. The van der Waals surface area contributed by atoms with Crippen LogP contribution in [0.3, 0.4) is 0 Å². The third-order valence-electron chi connectivity index (χ3n) is 2.93. The van der Waals surface area contributed by atoms with Crippen molar-refractivity contribution < 1.29 is 0 Å². The van der Waals surface area contributed by atoms with Crippen LogP contribution in [-0.4, -0.2) is 23.1 Å². The third kappa shape index (κ3) is 2.25. The molecule has 0 aliphatic heterocycles. The highest BCUT2D eigenvalue weighted by atomic mass is 14.9. The van der Waals surface area contributed by atoms with Crippen molar-refractivity contribution in [1.29, 1.82) is 0 Å². The molecule has 0 aliphatic carbocycles. The lowest BCUT2D eigenvalue weighted by molar-refractivity contribution is 0.702. The van der Waals surface area contributed by atoms with Gasteiger partial charge in [0.15, 0.2) is 0 Å². The number of aromatic amines is 1. The standard InChI is InChI=1S/C13H19N3/c1-4-14-6-5-13-15-11-7-9(2)10(3)8-12(11)16-13/h7-8,14H,4-6H2,1-3H3,(H,15,16). The summed E-state index contributed by atoms with van der Waals surface area (Å²) in [5.74, 6) is 1.07. The highest BCUT2D eigenvalue weighted by Crippen LogP contribution is 2.17. The maximum absolute atomic E-state index is 4.59. The Bertz CT molecular complexity index is 446. The van der Waals surface area contributed by atoms with E-state index in [0.717, 1.165) is 36.4 Å². The van der Waals surface area contributed by atoms with Gasteiger partial charge in [0.05, 0.1) is 11.0 Å². The highest BCUT2D eigenvalue weighted by Gasteiger charge is 2.04. The minimum absolute atomic E-state index is 0.959. The summed E-state index contributed by atoms with van der Waals surface area (Å²) in [4.78, 5) is 7.96. The first-order valence-electron chi connectivity index (χ1n) is 5.87. The lowest BCUT2D eigenvalue weighted by Crippen LogP contribution is -2.16. The number of hydrogen-bond donors (Lipinski definition) is 2. The first-order valence-corrected chi connectivity index (χ1v) is 5.87. The zero-order valence-corrected chi connectivity index (χ0v) is 10.2. The SMILES string of the molecule is CCNCCc1nc2cc(C)c(C)cc2[nH]1. The first kappa shape index (κ1) is 11.1. The Morgan fingerprint density at radius 3 is 2.75 bits per heavy atom. The molecule has 0 atom stereocenters. The van der Waals surface area contributed by atoms with Gasteiger partial charge in [0.1, 0.15) is 5.82 Å². The second-order valence-corrected chi connectivity index (χ2v) is 4.24. The van der Waals surface area contributed by atoms with E-state index in [1.165, 1.54) is 11.1 Å². The summed E-state index contributed by atoms with van der Waals surface area (Å²) in [6.07, 6.45) is 0.959. The van der Waals surface area contributed by atoms with Gasteiger partial charge in [-0.1, -0.05) is 6.92 Å². The molecule has 0 bridgehead atoms. The van der Waals surface area contributed by atoms with Crippen LogP contribution < -0.4 is 5.32 Å². The van der Waals surface area contributed by atoms with Gasteiger partial charge in [-0.3, -0.25) is 0 Å². The molecule has 0 amide bonds. The summed E-state index contributed by atoms with van der Waals surface area (Å²) in [6, 6.07) is 4.33. The maximum Gasteiger partial charge on any atom is 0.108 e. The van der Waals surface area contributed by atoms with Gasteiger partial charge in [-0.15, -0.1) is 0 Å². The lowest BCUT2D eigenvalue weighted by Gasteiger charge is -1.97. The van der Waals surface area contributed by atoms with E-state index in [9.17, 15) is 0 Å². The number of fused-ring (bicyclic) bond motifs is 1. The Kier molecular flexibility index (Phi) is 3.25. The summed E-state index contributed by atoms with van der Waals surface area (Å²) in [5, 5.41) is 3.30. The Hall–Kier alpha value is -1.35. The summed E-state index contributed by atoms with van der Waals surface area (Å²) >= 11 is 0. The van der Waals surface area contributed by atoms with E-state index in [1.807, 2.05) is 0 Å². The molecule has 0 spiro atoms. The Balaban J connectivity index is 2.23. The van der Waals surface area contributed by atoms with E-state index in [0.29, 0.717) is 0 Å². The van der Waals surface area contributed by atoms with Gasteiger partial charge in [0, 0.05) is 13.0 Å². The second kappa shape index (κ2) is 4.66. The molecular formula is C13H19N3. The number of likely N-dealkylation sites (N-methyl/N-ethyl adjacent to an activating group) is 1. The number of rotatable bonds is 4. The summed E-state index contributed by atoms with van der Waals surface area (Å²) in [6.45, 7) is 8.37. The number of H-pyrrole nitrogens is 1. The fraction of sp³-hybridized carbons (Fsp3) is 0.462. The van der Waals surface area contributed by atoms with Gasteiger partial charge in [0.25, 0.3) is 0 Å². The van der Waals surface area contributed by atoms with Crippen LogP contribution in [0.2, 0.25) is 0 Å². The van der Waals surface area contributed by atoms with E-state index in [4.69, 9.17) is 0 Å². The van der Waals surface area contributed by atoms with Gasteiger partial charge >= 0.3 is 0 Å². The number of aromatic nitrogens is 2. The molecule has 0 saturated heterocycles. The van der Waals surface area contributed by atoms with Crippen molar-refractivity contribution in [2.45, 2.75) is 27.2 Å². The van der Waals surface area contributed by atoms with Gasteiger partial charge in [-0.2, -0.15) is 0 Å². The van der Waals surface area contributed by atoms with E-state index in [2.05, 4.69) is 48.2 Å². The summed E-state index contributed by atoms with van der Waals surface area (Å²) in [5.41, 5.74) is 4.84. The fourth-order valence-electron chi connectivity index (χ4n) is 1.82. The zero-order valence-electron chi connectivity index (χ0n) is 10.2. The topological polar surface area (TPSA) is 40.7 Å². The maximum atomic E-state index is 4.59. The van der Waals surface area contributed by atoms with Crippen molar-refractivity contribution in [2.24, 2.45) is 0 Å². The van der Waals surface area contributed by atoms with Crippen molar-refractivity contribution in [3.63, 3.8) is 0 Å². The number of hydrogen-bond acceptors (Lipinski definition) is 2. The molecule has 3 nitrogen and oxygen atoms in total. The second-order valence-electron chi connectivity index (χ2n) is 4.24. The molecule has 0 aliphatic rings. The third-order valence-corrected chi connectivity index (χ3v) is 2.93. The van der Waals surface area contributed by atoms with Crippen LogP contribution in [0.4, 0.5) is 0 Å². The van der Waals surface area contributed by atoms with Crippen LogP contribution in [0, 0.1) is 13.8 Å². The quantitative estimate of drug-likeness (QED) is 0.772. The van der Waals surface area contributed by atoms with Gasteiger partial charge < -0.3 is 10.3 Å². The van der Waals surface area contributed by atoms with Crippen molar-refractivity contribution in [3.05, 3.63) is 29.1 Å². The average Bonchev–Trinajstić information content (AvgIpc) is 2.61. The largest absolute Gasteiger partial charge is 0.342 e. The minimum Gasteiger partial charge on any atom is -0.342 e. The predicted octanol–water partition coefficient (Wildman–Crippen LogP) is 2.33.